The van der Waals surface area contributed by atoms with Gasteiger partial charge < -0.3 is 21.7 Å². The summed E-state index contributed by atoms with van der Waals surface area (Å²) < 4.78 is 26.0. The van der Waals surface area contributed by atoms with Gasteiger partial charge >= 0.3 is 0 Å². The van der Waals surface area contributed by atoms with E-state index in [2.05, 4.69) is 0 Å². The lowest BCUT2D eigenvalue weighted by Crippen LogP contribution is -2.09. The van der Waals surface area contributed by atoms with Gasteiger partial charge in [-0.25, -0.2) is 8.42 Å². The molecule has 136 valence electrons. The maximum absolute atomic E-state index is 13.0. The van der Waals surface area contributed by atoms with E-state index < -0.39 is 72.6 Å². The Morgan fingerprint density at radius 2 is 0.880 bits per heavy atom. The number of phenolic OH excluding ortho intramolecular Hbond substituents is 2. The summed E-state index contributed by atoms with van der Waals surface area (Å²) in [7, 11) is -4.66. The van der Waals surface area contributed by atoms with Gasteiger partial charge in [0.1, 0.15) is 19.8 Å². The molecule has 0 fully saturated rings. The highest BCUT2D eigenvalue weighted by atomic mass is 35.5. The van der Waals surface area contributed by atoms with Crippen molar-refractivity contribution in [1.82, 2.24) is 0 Å². The highest BCUT2D eigenvalue weighted by molar-refractivity contribution is 7.92. The summed E-state index contributed by atoms with van der Waals surface area (Å²) in [6.45, 7) is 0. The zero-order chi connectivity index (χ0) is 19.4. The molecule has 0 unspecified atom stereocenters. The summed E-state index contributed by atoms with van der Waals surface area (Å²) in [5.74, 6) is -1.40. The Morgan fingerprint density at radius 3 is 1.16 bits per heavy atom. The minimum atomic E-state index is -4.66. The third-order valence-corrected chi connectivity index (χ3v) is 7.93. The topological polar surface area (TPSA) is 127 Å². The summed E-state index contributed by atoms with van der Waals surface area (Å²) in [4.78, 5) is -1.53. The van der Waals surface area contributed by atoms with Crippen molar-refractivity contribution in [2.45, 2.75) is 9.79 Å². The number of hydrogen-bond donors (Lipinski definition) is 4. The SMILES string of the molecule is Nc1c(O)c(Cl)c(Cl)c(S(=O)(=O)c2c(Cl)c(N)c(O)c(Cl)c2Cl)c1Cl. The molecule has 6 nitrogen and oxygen atoms in total. The molecule has 0 heterocycles. The van der Waals surface area contributed by atoms with Crippen LogP contribution < -0.4 is 11.5 Å². The zero-order valence-corrected chi connectivity index (χ0v) is 16.9. The number of benzene rings is 2. The zero-order valence-electron chi connectivity index (χ0n) is 11.5. The molecule has 0 amide bonds. The first-order valence-electron chi connectivity index (χ1n) is 5.90. The third kappa shape index (κ3) is 3.02. The van der Waals surface area contributed by atoms with Crippen molar-refractivity contribution in [3.63, 3.8) is 0 Å². The highest BCUT2D eigenvalue weighted by Crippen LogP contribution is 2.52. The van der Waals surface area contributed by atoms with Crippen molar-refractivity contribution < 1.29 is 18.6 Å². The predicted molar refractivity (Wildman–Crippen MR) is 101 cm³/mol. The fourth-order valence-corrected chi connectivity index (χ4v) is 5.99. The average Bonchev–Trinajstić information content (AvgIpc) is 2.54. The van der Waals surface area contributed by atoms with Crippen LogP contribution in [-0.2, 0) is 9.84 Å². The summed E-state index contributed by atoms with van der Waals surface area (Å²) in [6, 6.07) is 0. The molecule has 0 aliphatic heterocycles. The van der Waals surface area contributed by atoms with Gasteiger partial charge in [-0.3, -0.25) is 0 Å². The van der Waals surface area contributed by atoms with Crippen LogP contribution in [0.2, 0.25) is 30.1 Å². The Bertz CT molecular complexity index is 892. The molecule has 6 N–H and O–H groups in total. The average molecular weight is 487 g/mol. The molecule has 0 spiro atoms. The van der Waals surface area contributed by atoms with Gasteiger partial charge in [-0.2, -0.15) is 0 Å². The van der Waals surface area contributed by atoms with Crippen LogP contribution in [0.15, 0.2) is 9.79 Å². The van der Waals surface area contributed by atoms with Gasteiger partial charge in [-0.15, -0.1) is 0 Å². The van der Waals surface area contributed by atoms with Gasteiger partial charge in [0.05, 0.1) is 31.5 Å². The lowest BCUT2D eigenvalue weighted by atomic mass is 10.3. The number of halogens is 6. The number of nitrogens with two attached hydrogens (primary N) is 2. The highest BCUT2D eigenvalue weighted by Gasteiger charge is 2.35. The molecule has 0 bridgehead atoms. The van der Waals surface area contributed by atoms with Crippen LogP contribution in [0.4, 0.5) is 11.4 Å². The number of phenols is 2. The molecule has 0 saturated carbocycles. The predicted octanol–water partition coefficient (Wildman–Crippen LogP) is 5.02. The Labute approximate surface area is 171 Å². The van der Waals surface area contributed by atoms with Crippen molar-refractivity contribution in [2.75, 3.05) is 11.5 Å². The number of aromatic hydroxyl groups is 2. The summed E-state index contributed by atoms with van der Waals surface area (Å²) in [6.07, 6.45) is 0. The number of hydrogen-bond acceptors (Lipinski definition) is 6. The van der Waals surface area contributed by atoms with Crippen LogP contribution in [0.3, 0.4) is 0 Å². The second-order valence-corrected chi connectivity index (χ2v) is 8.66. The minimum absolute atomic E-state index is 0.528. The normalized spacial score (nSPS) is 11.8. The van der Waals surface area contributed by atoms with E-state index in [1.54, 1.807) is 0 Å². The van der Waals surface area contributed by atoms with Gasteiger partial charge in [0, 0.05) is 0 Å². The van der Waals surface area contributed by atoms with Crippen molar-refractivity contribution >= 4 is 90.8 Å². The maximum Gasteiger partial charge on any atom is 0.212 e. The second-order valence-electron chi connectivity index (χ2n) is 4.57. The van der Waals surface area contributed by atoms with Gasteiger partial charge in [-0.05, 0) is 0 Å². The van der Waals surface area contributed by atoms with E-state index in [1.807, 2.05) is 0 Å². The Hall–Kier alpha value is -0.670. The van der Waals surface area contributed by atoms with E-state index in [0.29, 0.717) is 0 Å². The number of rotatable bonds is 2. The van der Waals surface area contributed by atoms with Crippen molar-refractivity contribution in [1.29, 1.82) is 0 Å². The Morgan fingerprint density at radius 1 is 0.600 bits per heavy atom. The van der Waals surface area contributed by atoms with Gasteiger partial charge in [0.15, 0.2) is 11.5 Å². The molecule has 2 rings (SSSR count). The maximum atomic E-state index is 13.0. The fraction of sp³-hybridized carbons (Fsp3) is 0. The first kappa shape index (κ1) is 20.6. The van der Waals surface area contributed by atoms with Crippen LogP contribution in [0.1, 0.15) is 0 Å². The van der Waals surface area contributed by atoms with E-state index in [1.165, 1.54) is 0 Å². The molecule has 0 aromatic heterocycles. The molecule has 0 atom stereocenters. The molecule has 0 aliphatic carbocycles. The molecule has 25 heavy (non-hydrogen) atoms. The van der Waals surface area contributed by atoms with E-state index in [-0.39, 0.29) is 0 Å². The van der Waals surface area contributed by atoms with Crippen LogP contribution in [0.5, 0.6) is 11.5 Å². The summed E-state index contributed by atoms with van der Waals surface area (Å²) >= 11 is 35.2. The lowest BCUT2D eigenvalue weighted by molar-refractivity contribution is 0.477. The molecular formula is C12H6Cl6N2O4S. The Kier molecular flexibility index (Phi) is 5.62. The van der Waals surface area contributed by atoms with E-state index in [0.717, 1.165) is 0 Å². The lowest BCUT2D eigenvalue weighted by Gasteiger charge is -2.17. The van der Waals surface area contributed by atoms with Gasteiger partial charge in [-0.1, -0.05) is 69.6 Å². The quantitative estimate of drug-likeness (QED) is 0.268. The van der Waals surface area contributed by atoms with Crippen LogP contribution in [-0.4, -0.2) is 18.6 Å². The molecule has 0 saturated heterocycles. The fourth-order valence-electron chi connectivity index (χ4n) is 1.86. The molecule has 2 aromatic carbocycles. The van der Waals surface area contributed by atoms with Crippen molar-refractivity contribution in [3.05, 3.63) is 30.1 Å². The standard InChI is InChI=1S/C12H6Cl6N2O4S/c13-1-3(15)11(5(17)7(19)9(1)21)25(23,24)12-4(16)2(14)10(22)8(20)6(12)18/h21-22H,19-20H2. The Balaban J connectivity index is 3.02. The summed E-state index contributed by atoms with van der Waals surface area (Å²) in [5, 5.41) is 15.9. The van der Waals surface area contributed by atoms with Crippen LogP contribution in [0, 0.1) is 0 Å². The number of anilines is 2. The van der Waals surface area contributed by atoms with E-state index in [4.69, 9.17) is 81.1 Å². The van der Waals surface area contributed by atoms with Crippen LogP contribution >= 0.6 is 69.6 Å². The van der Waals surface area contributed by atoms with E-state index >= 15 is 0 Å². The van der Waals surface area contributed by atoms with Crippen molar-refractivity contribution in [2.24, 2.45) is 0 Å². The molecule has 13 heteroatoms. The van der Waals surface area contributed by atoms with Gasteiger partial charge in [0.25, 0.3) is 0 Å². The smallest absolute Gasteiger partial charge is 0.212 e. The monoisotopic (exact) mass is 484 g/mol. The number of sulfone groups is 1. The van der Waals surface area contributed by atoms with E-state index in [9.17, 15) is 18.6 Å². The minimum Gasteiger partial charge on any atom is -0.504 e. The first-order valence-corrected chi connectivity index (χ1v) is 9.65. The third-order valence-electron chi connectivity index (χ3n) is 3.12. The molecular weight excluding hydrogens is 481 g/mol. The summed E-state index contributed by atoms with van der Waals surface area (Å²) in [5.41, 5.74) is 10.0. The molecule has 0 radical (unpaired) electrons. The first-order chi connectivity index (χ1) is 11.4. The van der Waals surface area contributed by atoms with Gasteiger partial charge in [0.2, 0.25) is 9.84 Å². The number of nitrogen functional groups attached to an aromatic ring is 2. The molecule has 2 aromatic rings. The van der Waals surface area contributed by atoms with Crippen molar-refractivity contribution in [3.8, 4) is 11.5 Å². The molecule has 0 aliphatic rings. The second kappa shape index (κ2) is 6.81. The van der Waals surface area contributed by atoms with Crippen LogP contribution in [0.25, 0.3) is 0 Å². The largest absolute Gasteiger partial charge is 0.504 e.